The van der Waals surface area contributed by atoms with Gasteiger partial charge in [-0.15, -0.1) is 0 Å². The van der Waals surface area contributed by atoms with Gasteiger partial charge in [0.2, 0.25) is 0 Å². The normalized spacial score (nSPS) is 34.2. The molecule has 14 heavy (non-hydrogen) atoms. The van der Waals surface area contributed by atoms with Gasteiger partial charge in [-0.05, 0) is 43.4 Å². The number of carbonyl (C=O) groups excluding carboxylic acids is 1. The summed E-state index contributed by atoms with van der Waals surface area (Å²) in [6.07, 6.45) is 3.57. The van der Waals surface area contributed by atoms with Gasteiger partial charge >= 0.3 is 0 Å². The van der Waals surface area contributed by atoms with Crippen LogP contribution in [0, 0.1) is 23.2 Å². The lowest BCUT2D eigenvalue weighted by Crippen LogP contribution is -2.33. The summed E-state index contributed by atoms with van der Waals surface area (Å²) in [6, 6.07) is 0. The highest BCUT2D eigenvalue weighted by molar-refractivity contribution is 5.78. The van der Waals surface area contributed by atoms with Gasteiger partial charge in [-0.3, -0.25) is 4.79 Å². The summed E-state index contributed by atoms with van der Waals surface area (Å²) in [5, 5.41) is 0. The van der Waals surface area contributed by atoms with E-state index < -0.39 is 0 Å². The molecule has 0 amide bonds. The Hall–Kier alpha value is -0.330. The summed E-state index contributed by atoms with van der Waals surface area (Å²) in [5.41, 5.74) is 0.413. The smallest absolute Gasteiger partial charge is 0.133 e. The molecule has 3 unspecified atom stereocenters. The SMILES string of the molecule is CC(=O)C1CCC(C(C)(C)C)CC1C. The molecule has 0 bridgehead atoms. The predicted molar refractivity (Wildman–Crippen MR) is 60.1 cm³/mol. The third-order valence-corrected chi connectivity index (χ3v) is 3.92. The Balaban J connectivity index is 2.60. The Morgan fingerprint density at radius 2 is 1.79 bits per heavy atom. The van der Waals surface area contributed by atoms with E-state index in [-0.39, 0.29) is 0 Å². The average molecular weight is 196 g/mol. The summed E-state index contributed by atoms with van der Waals surface area (Å²) >= 11 is 0. The lowest BCUT2D eigenvalue weighted by Gasteiger charge is -2.39. The molecule has 82 valence electrons. The van der Waals surface area contributed by atoms with Crippen LogP contribution in [0.4, 0.5) is 0 Å². The molecule has 0 aromatic heterocycles. The molecule has 1 saturated carbocycles. The van der Waals surface area contributed by atoms with Crippen molar-refractivity contribution in [3.8, 4) is 0 Å². The van der Waals surface area contributed by atoms with Crippen molar-refractivity contribution < 1.29 is 4.79 Å². The van der Waals surface area contributed by atoms with Crippen LogP contribution in [-0.2, 0) is 4.79 Å². The van der Waals surface area contributed by atoms with Crippen LogP contribution in [0.3, 0.4) is 0 Å². The van der Waals surface area contributed by atoms with Gasteiger partial charge in [0.1, 0.15) is 5.78 Å². The maximum atomic E-state index is 11.4. The van der Waals surface area contributed by atoms with Gasteiger partial charge < -0.3 is 0 Å². The van der Waals surface area contributed by atoms with Gasteiger partial charge in [-0.2, -0.15) is 0 Å². The summed E-state index contributed by atoms with van der Waals surface area (Å²) < 4.78 is 0. The molecule has 1 rings (SSSR count). The summed E-state index contributed by atoms with van der Waals surface area (Å²) in [5.74, 6) is 2.12. The van der Waals surface area contributed by atoms with Crippen LogP contribution in [0.15, 0.2) is 0 Å². The van der Waals surface area contributed by atoms with Crippen molar-refractivity contribution in [2.45, 2.75) is 53.9 Å². The zero-order chi connectivity index (χ0) is 10.9. The standard InChI is InChI=1S/C13H24O/c1-9-8-11(13(3,4)5)6-7-12(9)10(2)14/h9,11-12H,6-8H2,1-5H3. The highest BCUT2D eigenvalue weighted by Crippen LogP contribution is 2.42. The molecule has 0 radical (unpaired) electrons. The van der Waals surface area contributed by atoms with E-state index in [0.29, 0.717) is 23.0 Å². The van der Waals surface area contributed by atoms with E-state index in [0.717, 1.165) is 12.3 Å². The molecule has 0 aliphatic heterocycles. The Morgan fingerprint density at radius 3 is 2.14 bits per heavy atom. The van der Waals surface area contributed by atoms with Crippen LogP contribution in [0.25, 0.3) is 0 Å². The fourth-order valence-electron chi connectivity index (χ4n) is 2.79. The highest BCUT2D eigenvalue weighted by Gasteiger charge is 2.35. The van der Waals surface area contributed by atoms with E-state index in [9.17, 15) is 4.79 Å². The summed E-state index contributed by atoms with van der Waals surface area (Å²) in [6.45, 7) is 10.9. The van der Waals surface area contributed by atoms with Gasteiger partial charge in [0.15, 0.2) is 0 Å². The number of carbonyl (C=O) groups is 1. The number of Topliss-reactive ketones (excluding diaryl/α,β-unsaturated/α-hetero) is 1. The maximum absolute atomic E-state index is 11.4. The van der Waals surface area contributed by atoms with E-state index >= 15 is 0 Å². The first kappa shape index (κ1) is 11.7. The number of hydrogen-bond donors (Lipinski definition) is 0. The van der Waals surface area contributed by atoms with E-state index in [4.69, 9.17) is 0 Å². The van der Waals surface area contributed by atoms with Crippen LogP contribution < -0.4 is 0 Å². The molecular formula is C13H24O. The van der Waals surface area contributed by atoms with Crippen LogP contribution >= 0.6 is 0 Å². The van der Waals surface area contributed by atoms with Crippen molar-refractivity contribution in [1.82, 2.24) is 0 Å². The third-order valence-electron chi connectivity index (χ3n) is 3.92. The Kier molecular flexibility index (Phi) is 3.39. The first-order chi connectivity index (χ1) is 6.32. The molecule has 1 fully saturated rings. The minimum atomic E-state index is 0.341. The molecule has 1 aliphatic carbocycles. The topological polar surface area (TPSA) is 17.1 Å². The second-order valence-electron chi connectivity index (χ2n) is 6.07. The maximum Gasteiger partial charge on any atom is 0.133 e. The summed E-state index contributed by atoms with van der Waals surface area (Å²) in [7, 11) is 0. The zero-order valence-corrected chi connectivity index (χ0v) is 10.3. The van der Waals surface area contributed by atoms with Gasteiger partial charge in [-0.25, -0.2) is 0 Å². The van der Waals surface area contributed by atoms with Crippen molar-refractivity contribution in [3.05, 3.63) is 0 Å². The van der Waals surface area contributed by atoms with Gasteiger partial charge in [-0.1, -0.05) is 27.7 Å². The first-order valence-electron chi connectivity index (χ1n) is 5.83. The molecule has 0 heterocycles. The Bertz CT molecular complexity index is 212. The lowest BCUT2D eigenvalue weighted by molar-refractivity contribution is -0.124. The third kappa shape index (κ3) is 2.59. The van der Waals surface area contributed by atoms with Crippen LogP contribution in [0.5, 0.6) is 0 Å². The van der Waals surface area contributed by atoms with Crippen molar-refractivity contribution >= 4 is 5.78 Å². The summed E-state index contributed by atoms with van der Waals surface area (Å²) in [4.78, 5) is 11.4. The van der Waals surface area contributed by atoms with Gasteiger partial charge in [0.25, 0.3) is 0 Å². The number of hydrogen-bond acceptors (Lipinski definition) is 1. The monoisotopic (exact) mass is 196 g/mol. The van der Waals surface area contributed by atoms with E-state index in [2.05, 4.69) is 27.7 Å². The second kappa shape index (κ2) is 4.04. The first-order valence-corrected chi connectivity index (χ1v) is 5.83. The fourth-order valence-corrected chi connectivity index (χ4v) is 2.79. The molecule has 0 saturated heterocycles. The van der Waals surface area contributed by atoms with Crippen LogP contribution in [-0.4, -0.2) is 5.78 Å². The van der Waals surface area contributed by atoms with Gasteiger partial charge in [0.05, 0.1) is 0 Å². The molecule has 0 spiro atoms. The predicted octanol–water partition coefficient (Wildman–Crippen LogP) is 3.67. The molecule has 0 aromatic carbocycles. The minimum absolute atomic E-state index is 0.341. The fraction of sp³-hybridized carbons (Fsp3) is 0.923. The minimum Gasteiger partial charge on any atom is -0.300 e. The highest BCUT2D eigenvalue weighted by atomic mass is 16.1. The molecule has 1 heteroatoms. The Labute approximate surface area is 88.3 Å². The van der Waals surface area contributed by atoms with E-state index in [1.54, 1.807) is 6.92 Å². The van der Waals surface area contributed by atoms with Crippen molar-refractivity contribution in [2.75, 3.05) is 0 Å². The van der Waals surface area contributed by atoms with E-state index in [1.807, 2.05) is 0 Å². The van der Waals surface area contributed by atoms with Crippen molar-refractivity contribution in [3.63, 3.8) is 0 Å². The molecule has 1 nitrogen and oxygen atoms in total. The largest absolute Gasteiger partial charge is 0.300 e. The van der Waals surface area contributed by atoms with Crippen molar-refractivity contribution in [2.24, 2.45) is 23.2 Å². The molecular weight excluding hydrogens is 172 g/mol. The quantitative estimate of drug-likeness (QED) is 0.625. The number of ketones is 1. The average Bonchev–Trinajstić information content (AvgIpc) is 2.01. The molecule has 1 aliphatic rings. The van der Waals surface area contributed by atoms with E-state index in [1.165, 1.54) is 12.8 Å². The number of rotatable bonds is 1. The van der Waals surface area contributed by atoms with Crippen molar-refractivity contribution in [1.29, 1.82) is 0 Å². The molecule has 0 aromatic rings. The molecule has 0 N–H and O–H groups in total. The second-order valence-corrected chi connectivity index (χ2v) is 6.07. The Morgan fingerprint density at radius 1 is 1.21 bits per heavy atom. The van der Waals surface area contributed by atoms with Crippen LogP contribution in [0.2, 0.25) is 0 Å². The van der Waals surface area contributed by atoms with Gasteiger partial charge in [0, 0.05) is 5.92 Å². The molecule has 3 atom stereocenters. The lowest BCUT2D eigenvalue weighted by atomic mass is 9.65. The zero-order valence-electron chi connectivity index (χ0n) is 10.3. The van der Waals surface area contributed by atoms with Crippen LogP contribution in [0.1, 0.15) is 53.9 Å².